The molecule has 2 N–H and O–H groups in total. The van der Waals surface area contributed by atoms with Crippen molar-refractivity contribution in [2.24, 2.45) is 0 Å². The maximum Gasteiger partial charge on any atom is 0.276 e. The first-order valence-corrected chi connectivity index (χ1v) is 8.22. The van der Waals surface area contributed by atoms with Gasteiger partial charge in [0.1, 0.15) is 19.0 Å². The van der Waals surface area contributed by atoms with Crippen LogP contribution in [0, 0.1) is 13.8 Å². The molecule has 0 aromatic heterocycles. The Morgan fingerprint density at radius 1 is 1.00 bits per heavy atom. The third-order valence-electron chi connectivity index (χ3n) is 3.88. The highest BCUT2D eigenvalue weighted by atomic mass is 16.6. The lowest BCUT2D eigenvalue weighted by molar-refractivity contribution is -0.123. The molecule has 1 aliphatic rings. The van der Waals surface area contributed by atoms with E-state index in [0.29, 0.717) is 36.0 Å². The van der Waals surface area contributed by atoms with E-state index < -0.39 is 11.8 Å². The van der Waals surface area contributed by atoms with E-state index in [2.05, 4.69) is 10.9 Å². The lowest BCUT2D eigenvalue weighted by Crippen LogP contribution is -2.43. The van der Waals surface area contributed by atoms with Gasteiger partial charge in [-0.2, -0.15) is 0 Å². The minimum Gasteiger partial charge on any atom is -0.486 e. The molecule has 1 heterocycles. The number of para-hydroxylation sites is 1. The summed E-state index contributed by atoms with van der Waals surface area (Å²) >= 11 is 0. The van der Waals surface area contributed by atoms with Gasteiger partial charge in [-0.25, -0.2) is 0 Å². The summed E-state index contributed by atoms with van der Waals surface area (Å²) in [6, 6.07) is 10.6. The number of hydrogen-bond donors (Lipinski definition) is 2. The molecule has 0 radical (unpaired) electrons. The van der Waals surface area contributed by atoms with Gasteiger partial charge in [0.25, 0.3) is 11.8 Å². The van der Waals surface area contributed by atoms with Crippen molar-refractivity contribution in [3.63, 3.8) is 0 Å². The van der Waals surface area contributed by atoms with Crippen LogP contribution < -0.4 is 25.1 Å². The topological polar surface area (TPSA) is 85.9 Å². The molecule has 0 saturated heterocycles. The van der Waals surface area contributed by atoms with Crippen molar-refractivity contribution in [2.45, 2.75) is 13.8 Å². The standard InChI is InChI=1S/C19H20N2O5/c1-12-4-3-5-13(2)18(12)26-11-17(22)20-21-19(23)14-6-7-15-16(10-14)25-9-8-24-15/h3-7,10H,8-9,11H2,1-2H3,(H,20,22)(H,21,23). The lowest BCUT2D eigenvalue weighted by Gasteiger charge is -2.18. The molecule has 0 saturated carbocycles. The molecule has 0 spiro atoms. The van der Waals surface area contributed by atoms with Gasteiger partial charge < -0.3 is 14.2 Å². The summed E-state index contributed by atoms with van der Waals surface area (Å²) in [4.78, 5) is 24.1. The van der Waals surface area contributed by atoms with Gasteiger partial charge in [-0.05, 0) is 43.2 Å². The molecular weight excluding hydrogens is 336 g/mol. The van der Waals surface area contributed by atoms with Crippen LogP contribution in [0.1, 0.15) is 21.5 Å². The largest absolute Gasteiger partial charge is 0.486 e. The predicted octanol–water partition coefficient (Wildman–Crippen LogP) is 1.91. The molecule has 0 fully saturated rings. The van der Waals surface area contributed by atoms with Crippen molar-refractivity contribution in [2.75, 3.05) is 19.8 Å². The second-order valence-electron chi connectivity index (χ2n) is 5.87. The van der Waals surface area contributed by atoms with Crippen molar-refractivity contribution in [1.29, 1.82) is 0 Å². The minimum atomic E-state index is -0.460. The third kappa shape index (κ3) is 4.05. The van der Waals surface area contributed by atoms with Crippen LogP contribution in [0.2, 0.25) is 0 Å². The molecule has 0 aliphatic carbocycles. The third-order valence-corrected chi connectivity index (χ3v) is 3.88. The van der Waals surface area contributed by atoms with Crippen LogP contribution in [0.15, 0.2) is 36.4 Å². The fraction of sp³-hybridized carbons (Fsp3) is 0.263. The molecule has 7 heteroatoms. The molecule has 7 nitrogen and oxygen atoms in total. The molecule has 0 atom stereocenters. The highest BCUT2D eigenvalue weighted by Crippen LogP contribution is 2.30. The van der Waals surface area contributed by atoms with E-state index in [-0.39, 0.29) is 6.61 Å². The second kappa shape index (κ2) is 7.77. The Hall–Kier alpha value is -3.22. The number of carbonyl (C=O) groups is 2. The van der Waals surface area contributed by atoms with E-state index in [1.54, 1.807) is 18.2 Å². The van der Waals surface area contributed by atoms with Gasteiger partial charge in [-0.15, -0.1) is 0 Å². The minimum absolute atomic E-state index is 0.201. The maximum absolute atomic E-state index is 12.2. The number of amides is 2. The van der Waals surface area contributed by atoms with Crippen molar-refractivity contribution in [3.8, 4) is 17.2 Å². The summed E-state index contributed by atoms with van der Waals surface area (Å²) in [5.41, 5.74) is 6.93. The molecule has 26 heavy (non-hydrogen) atoms. The van der Waals surface area contributed by atoms with Crippen LogP contribution in [-0.4, -0.2) is 31.6 Å². The van der Waals surface area contributed by atoms with E-state index in [9.17, 15) is 9.59 Å². The fourth-order valence-electron chi connectivity index (χ4n) is 2.58. The average molecular weight is 356 g/mol. The van der Waals surface area contributed by atoms with Crippen molar-refractivity contribution in [3.05, 3.63) is 53.1 Å². The van der Waals surface area contributed by atoms with Gasteiger partial charge in [-0.3, -0.25) is 20.4 Å². The first-order chi connectivity index (χ1) is 12.5. The molecule has 0 bridgehead atoms. The fourth-order valence-corrected chi connectivity index (χ4v) is 2.58. The smallest absolute Gasteiger partial charge is 0.276 e. The van der Waals surface area contributed by atoms with Crippen LogP contribution in [0.25, 0.3) is 0 Å². The Balaban J connectivity index is 1.52. The summed E-state index contributed by atoms with van der Waals surface area (Å²) in [5, 5.41) is 0. The Morgan fingerprint density at radius 3 is 2.42 bits per heavy atom. The number of aryl methyl sites for hydroxylation is 2. The summed E-state index contributed by atoms with van der Waals surface area (Å²) < 4.78 is 16.4. The Labute approximate surface area is 151 Å². The summed E-state index contributed by atoms with van der Waals surface area (Å²) in [5.74, 6) is 0.856. The molecule has 0 unspecified atom stereocenters. The molecule has 2 aromatic rings. The zero-order chi connectivity index (χ0) is 18.5. The molecule has 1 aliphatic heterocycles. The number of nitrogens with one attached hydrogen (secondary N) is 2. The highest BCUT2D eigenvalue weighted by molar-refractivity contribution is 5.96. The van der Waals surface area contributed by atoms with Crippen molar-refractivity contribution in [1.82, 2.24) is 10.9 Å². The van der Waals surface area contributed by atoms with Gasteiger partial charge in [0, 0.05) is 5.56 Å². The normalized spacial score (nSPS) is 12.2. The quantitative estimate of drug-likeness (QED) is 0.818. The van der Waals surface area contributed by atoms with Crippen LogP contribution in [0.3, 0.4) is 0 Å². The first kappa shape index (κ1) is 17.6. The van der Waals surface area contributed by atoms with Gasteiger partial charge in [-0.1, -0.05) is 18.2 Å². The number of hydrogen-bond acceptors (Lipinski definition) is 5. The Bertz CT molecular complexity index is 814. The number of carbonyl (C=O) groups excluding carboxylic acids is 2. The van der Waals surface area contributed by atoms with Crippen molar-refractivity contribution >= 4 is 11.8 Å². The molecule has 136 valence electrons. The molecule has 2 aromatic carbocycles. The lowest BCUT2D eigenvalue weighted by atomic mass is 10.1. The summed E-state index contributed by atoms with van der Waals surface area (Å²) in [6.07, 6.45) is 0. The van der Waals surface area contributed by atoms with Gasteiger partial charge >= 0.3 is 0 Å². The van der Waals surface area contributed by atoms with Crippen LogP contribution in [-0.2, 0) is 4.79 Å². The zero-order valence-electron chi connectivity index (χ0n) is 14.6. The summed E-state index contributed by atoms with van der Waals surface area (Å²) in [7, 11) is 0. The number of ether oxygens (including phenoxy) is 3. The van der Waals surface area contributed by atoms with E-state index in [0.717, 1.165) is 11.1 Å². The SMILES string of the molecule is Cc1cccc(C)c1OCC(=O)NNC(=O)c1ccc2c(c1)OCCO2. The maximum atomic E-state index is 12.2. The van der Waals surface area contributed by atoms with E-state index in [1.165, 1.54) is 0 Å². The summed E-state index contributed by atoms with van der Waals surface area (Å²) in [6.45, 7) is 4.53. The Kier molecular flexibility index (Phi) is 5.26. The van der Waals surface area contributed by atoms with Crippen molar-refractivity contribution < 1.29 is 23.8 Å². The number of fused-ring (bicyclic) bond motifs is 1. The van der Waals surface area contributed by atoms with Gasteiger partial charge in [0.2, 0.25) is 0 Å². The number of rotatable bonds is 4. The molecule has 2 amide bonds. The monoisotopic (exact) mass is 356 g/mol. The van der Waals surface area contributed by atoms with E-state index in [4.69, 9.17) is 14.2 Å². The predicted molar refractivity (Wildman–Crippen MR) is 94.5 cm³/mol. The van der Waals surface area contributed by atoms with Crippen LogP contribution in [0.4, 0.5) is 0 Å². The first-order valence-electron chi connectivity index (χ1n) is 8.22. The van der Waals surface area contributed by atoms with Gasteiger partial charge in [0.15, 0.2) is 18.1 Å². The second-order valence-corrected chi connectivity index (χ2v) is 5.87. The zero-order valence-corrected chi connectivity index (χ0v) is 14.6. The van der Waals surface area contributed by atoms with Gasteiger partial charge in [0.05, 0.1) is 0 Å². The number of hydrazine groups is 1. The highest BCUT2D eigenvalue weighted by Gasteiger charge is 2.15. The molecule has 3 rings (SSSR count). The van der Waals surface area contributed by atoms with E-state index >= 15 is 0 Å². The van der Waals surface area contributed by atoms with Crippen LogP contribution >= 0.6 is 0 Å². The van der Waals surface area contributed by atoms with E-state index in [1.807, 2.05) is 32.0 Å². The Morgan fingerprint density at radius 2 is 1.69 bits per heavy atom. The van der Waals surface area contributed by atoms with Crippen LogP contribution in [0.5, 0.6) is 17.2 Å². The molecular formula is C19H20N2O5. The average Bonchev–Trinajstić information content (AvgIpc) is 2.65. The number of benzene rings is 2.